The highest BCUT2D eigenvalue weighted by Gasteiger charge is 2.25. The van der Waals surface area contributed by atoms with Gasteiger partial charge in [-0.25, -0.2) is 23.2 Å². The largest absolute Gasteiger partial charge is 0.463 e. The molecule has 1 aromatic rings. The zero-order chi connectivity index (χ0) is 17.7. The van der Waals surface area contributed by atoms with Crippen LogP contribution in [0.4, 0.5) is 13.6 Å². The van der Waals surface area contributed by atoms with Gasteiger partial charge in [0.15, 0.2) is 0 Å². The van der Waals surface area contributed by atoms with Crippen LogP contribution in [0.15, 0.2) is 29.5 Å². The summed E-state index contributed by atoms with van der Waals surface area (Å²) in [6.45, 7) is 1.05. The molecular weight excluding hydrogens is 326 g/mol. The highest BCUT2D eigenvalue weighted by molar-refractivity contribution is 5.94. The Labute approximate surface area is 135 Å². The van der Waals surface area contributed by atoms with Crippen molar-refractivity contribution >= 4 is 18.0 Å². The number of benzene rings is 1. The maximum Gasteiger partial charge on any atom is 0.344 e. The molecule has 0 saturated heterocycles. The average Bonchev–Trinajstić information content (AvgIpc) is 2.53. The fraction of sp³-hybridized carbons (Fsp3) is 0.267. The number of amides is 2. The highest BCUT2D eigenvalue weighted by atomic mass is 19.1. The molecule has 0 saturated carbocycles. The topological polar surface area (TPSA) is 93.7 Å². The minimum absolute atomic E-state index is 0.0118. The summed E-state index contributed by atoms with van der Waals surface area (Å²) < 4.78 is 36.7. The first-order chi connectivity index (χ1) is 11.4. The van der Waals surface area contributed by atoms with Crippen molar-refractivity contribution in [2.24, 2.45) is 0 Å². The molecule has 0 aromatic heterocycles. The van der Waals surface area contributed by atoms with Crippen molar-refractivity contribution in [3.8, 4) is 0 Å². The summed E-state index contributed by atoms with van der Waals surface area (Å²) in [5, 5.41) is 4.68. The molecule has 2 rings (SSSR count). The van der Waals surface area contributed by atoms with Crippen molar-refractivity contribution < 1.29 is 32.6 Å². The molecule has 0 radical (unpaired) electrons. The van der Waals surface area contributed by atoms with E-state index in [1.807, 2.05) is 0 Å². The van der Waals surface area contributed by atoms with E-state index >= 15 is 0 Å². The number of carbonyl (C=O) groups is 3. The van der Waals surface area contributed by atoms with E-state index in [0.717, 1.165) is 18.2 Å². The van der Waals surface area contributed by atoms with Gasteiger partial charge in [0.2, 0.25) is 0 Å². The first-order valence-electron chi connectivity index (χ1n) is 6.99. The molecule has 0 bridgehead atoms. The summed E-state index contributed by atoms with van der Waals surface area (Å²) in [7, 11) is 0. The summed E-state index contributed by atoms with van der Waals surface area (Å²) in [5.74, 6) is -4.11. The van der Waals surface area contributed by atoms with Gasteiger partial charge >= 0.3 is 18.0 Å². The van der Waals surface area contributed by atoms with Crippen LogP contribution in [0.5, 0.6) is 0 Å². The normalized spacial score (nSPS) is 13.9. The Morgan fingerprint density at radius 3 is 2.46 bits per heavy atom. The van der Waals surface area contributed by atoms with Crippen molar-refractivity contribution in [1.29, 1.82) is 0 Å². The van der Waals surface area contributed by atoms with Crippen LogP contribution in [0, 0.1) is 11.6 Å². The summed E-state index contributed by atoms with van der Waals surface area (Å²) in [6.07, 6.45) is 0. The van der Waals surface area contributed by atoms with E-state index in [1.165, 1.54) is 0 Å². The minimum atomic E-state index is -1.26. The molecule has 0 unspecified atom stereocenters. The van der Waals surface area contributed by atoms with Crippen LogP contribution in [0.1, 0.15) is 17.3 Å². The fourth-order valence-electron chi connectivity index (χ4n) is 1.97. The molecule has 0 fully saturated rings. The Hall–Kier alpha value is -2.97. The number of esters is 2. The van der Waals surface area contributed by atoms with Gasteiger partial charge in [-0.2, -0.15) is 0 Å². The number of nitrogens with one attached hydrogen (secondary N) is 2. The molecule has 1 aliphatic rings. The lowest BCUT2D eigenvalue weighted by atomic mass is 10.1. The molecule has 128 valence electrons. The Bertz CT molecular complexity index is 698. The van der Waals surface area contributed by atoms with Gasteiger partial charge in [0.25, 0.3) is 0 Å². The van der Waals surface area contributed by atoms with Crippen molar-refractivity contribution in [3.63, 3.8) is 0 Å². The molecule has 0 spiro atoms. The predicted octanol–water partition coefficient (Wildman–Crippen LogP) is 1.25. The Morgan fingerprint density at radius 1 is 1.17 bits per heavy atom. The first kappa shape index (κ1) is 17.4. The average molecular weight is 340 g/mol. The van der Waals surface area contributed by atoms with Crippen LogP contribution in [-0.2, 0) is 14.3 Å². The quantitative estimate of drug-likeness (QED) is 0.787. The van der Waals surface area contributed by atoms with Gasteiger partial charge in [-0.15, -0.1) is 0 Å². The van der Waals surface area contributed by atoms with E-state index in [-0.39, 0.29) is 24.4 Å². The lowest BCUT2D eigenvalue weighted by Crippen LogP contribution is -2.45. The van der Waals surface area contributed by atoms with E-state index in [9.17, 15) is 23.2 Å². The lowest BCUT2D eigenvalue weighted by molar-refractivity contribution is -0.138. The molecule has 9 heteroatoms. The molecule has 7 nitrogen and oxygen atoms in total. The number of rotatable bonds is 5. The zero-order valence-corrected chi connectivity index (χ0v) is 12.7. The molecule has 0 aliphatic carbocycles. The van der Waals surface area contributed by atoms with E-state index in [1.54, 1.807) is 6.92 Å². The highest BCUT2D eigenvalue weighted by Crippen LogP contribution is 2.15. The van der Waals surface area contributed by atoms with Crippen LogP contribution < -0.4 is 10.6 Å². The fourth-order valence-corrected chi connectivity index (χ4v) is 1.97. The predicted molar refractivity (Wildman–Crippen MR) is 76.8 cm³/mol. The third kappa shape index (κ3) is 3.86. The van der Waals surface area contributed by atoms with Crippen molar-refractivity contribution in [1.82, 2.24) is 10.6 Å². The van der Waals surface area contributed by atoms with Crippen LogP contribution in [0.25, 0.3) is 0 Å². The Kier molecular flexibility index (Phi) is 5.46. The number of carbonyl (C=O) groups excluding carboxylic acids is 3. The van der Waals surface area contributed by atoms with Gasteiger partial charge in [0.05, 0.1) is 24.4 Å². The molecular formula is C15H14F2N2O5. The third-order valence-electron chi connectivity index (χ3n) is 3.09. The van der Waals surface area contributed by atoms with Gasteiger partial charge in [-0.05, 0) is 19.1 Å². The molecule has 2 N–H and O–H groups in total. The SMILES string of the molecule is CCOC(=O)C1=C(COC(=O)c2c(F)cccc2F)NC(=O)NC1. The van der Waals surface area contributed by atoms with Gasteiger partial charge in [-0.1, -0.05) is 6.07 Å². The number of hydrogen-bond acceptors (Lipinski definition) is 5. The molecule has 24 heavy (non-hydrogen) atoms. The van der Waals surface area contributed by atoms with Crippen LogP contribution >= 0.6 is 0 Å². The minimum Gasteiger partial charge on any atom is -0.463 e. The van der Waals surface area contributed by atoms with Crippen LogP contribution in [-0.4, -0.2) is 37.7 Å². The number of halogens is 2. The van der Waals surface area contributed by atoms with Crippen LogP contribution in [0.2, 0.25) is 0 Å². The van der Waals surface area contributed by atoms with Crippen molar-refractivity contribution in [3.05, 3.63) is 46.7 Å². The number of urea groups is 1. The van der Waals surface area contributed by atoms with Crippen LogP contribution in [0.3, 0.4) is 0 Å². The van der Waals surface area contributed by atoms with Gasteiger partial charge in [-0.3, -0.25) is 0 Å². The lowest BCUT2D eigenvalue weighted by Gasteiger charge is -2.21. The van der Waals surface area contributed by atoms with Gasteiger partial charge in [0, 0.05) is 0 Å². The monoisotopic (exact) mass is 340 g/mol. The Balaban J connectivity index is 2.16. The molecule has 2 amide bonds. The maximum atomic E-state index is 13.5. The number of ether oxygens (including phenoxy) is 2. The smallest absolute Gasteiger partial charge is 0.344 e. The summed E-state index contributed by atoms with van der Waals surface area (Å²) in [6, 6.07) is 2.33. The third-order valence-corrected chi connectivity index (χ3v) is 3.09. The molecule has 1 aromatic carbocycles. The second-order valence-corrected chi connectivity index (χ2v) is 4.66. The second kappa shape index (κ2) is 7.53. The summed E-state index contributed by atoms with van der Waals surface area (Å²) >= 11 is 0. The second-order valence-electron chi connectivity index (χ2n) is 4.66. The molecule has 1 heterocycles. The summed E-state index contributed by atoms with van der Waals surface area (Å²) in [4.78, 5) is 35.0. The van der Waals surface area contributed by atoms with Gasteiger partial charge < -0.3 is 20.1 Å². The zero-order valence-electron chi connectivity index (χ0n) is 12.7. The van der Waals surface area contributed by atoms with E-state index in [2.05, 4.69) is 10.6 Å². The first-order valence-corrected chi connectivity index (χ1v) is 6.99. The van der Waals surface area contributed by atoms with Crippen molar-refractivity contribution in [2.45, 2.75) is 6.92 Å². The maximum absolute atomic E-state index is 13.5. The standard InChI is InChI=1S/C15H14F2N2O5/c1-2-23-13(20)8-6-18-15(22)19-11(8)7-24-14(21)12-9(16)4-3-5-10(12)17/h3-5H,2,6-7H2,1H3,(H2,18,19,22). The van der Waals surface area contributed by atoms with E-state index in [0.29, 0.717) is 0 Å². The molecule has 0 atom stereocenters. The Morgan fingerprint density at radius 2 is 1.83 bits per heavy atom. The van der Waals surface area contributed by atoms with Crippen molar-refractivity contribution in [2.75, 3.05) is 19.8 Å². The molecule has 1 aliphatic heterocycles. The van der Waals surface area contributed by atoms with E-state index < -0.39 is 41.8 Å². The number of hydrogen-bond donors (Lipinski definition) is 2. The van der Waals surface area contributed by atoms with E-state index in [4.69, 9.17) is 9.47 Å². The summed E-state index contributed by atoms with van der Waals surface area (Å²) in [5.41, 5.74) is -0.809. The van der Waals surface area contributed by atoms with Gasteiger partial charge in [0.1, 0.15) is 23.8 Å².